The van der Waals surface area contributed by atoms with Gasteiger partial charge in [-0.1, -0.05) is 25.5 Å². The number of amides is 1. The molecule has 1 amide bonds. The Kier molecular flexibility index (Phi) is 5.86. The molecule has 23 heavy (non-hydrogen) atoms. The summed E-state index contributed by atoms with van der Waals surface area (Å²) in [4.78, 5) is 12.3. The van der Waals surface area contributed by atoms with Gasteiger partial charge in [0.2, 0.25) is 0 Å². The Bertz CT molecular complexity index is 671. The van der Waals surface area contributed by atoms with Crippen LogP contribution in [0.2, 0.25) is 0 Å². The second-order valence-electron chi connectivity index (χ2n) is 5.11. The van der Waals surface area contributed by atoms with E-state index in [4.69, 9.17) is 15.2 Å². The molecule has 0 unspecified atom stereocenters. The van der Waals surface area contributed by atoms with E-state index in [2.05, 4.69) is 12.2 Å². The van der Waals surface area contributed by atoms with Crippen LogP contribution in [-0.4, -0.2) is 19.6 Å². The van der Waals surface area contributed by atoms with E-state index < -0.39 is 0 Å². The van der Waals surface area contributed by atoms with Gasteiger partial charge in [0.25, 0.3) is 5.91 Å². The first-order chi connectivity index (χ1) is 11.2. The van der Waals surface area contributed by atoms with E-state index in [-0.39, 0.29) is 5.91 Å². The fourth-order valence-corrected chi connectivity index (χ4v) is 2.06. The molecule has 0 bridgehead atoms. The normalized spacial score (nSPS) is 10.2. The first kappa shape index (κ1) is 16.7. The Morgan fingerprint density at radius 3 is 2.65 bits per heavy atom. The third kappa shape index (κ3) is 4.39. The lowest BCUT2D eigenvalue weighted by Crippen LogP contribution is -2.13. The quantitative estimate of drug-likeness (QED) is 0.603. The average molecular weight is 314 g/mol. The number of ether oxygens (including phenoxy) is 2. The van der Waals surface area contributed by atoms with Crippen LogP contribution >= 0.6 is 0 Å². The SMILES string of the molecule is CCCCOc1ccc(C(=O)Nc2ccccc2N)cc1OC. The van der Waals surface area contributed by atoms with E-state index in [1.165, 1.54) is 0 Å². The van der Waals surface area contributed by atoms with Crippen LogP contribution in [0.25, 0.3) is 0 Å². The number of nitrogens with two attached hydrogens (primary N) is 1. The van der Waals surface area contributed by atoms with Gasteiger partial charge in [-0.05, 0) is 36.8 Å². The molecule has 0 aromatic heterocycles. The van der Waals surface area contributed by atoms with Gasteiger partial charge < -0.3 is 20.5 Å². The summed E-state index contributed by atoms with van der Waals surface area (Å²) in [5, 5.41) is 2.79. The number of carbonyl (C=O) groups is 1. The highest BCUT2D eigenvalue weighted by Crippen LogP contribution is 2.29. The number of hydrogen-bond acceptors (Lipinski definition) is 4. The topological polar surface area (TPSA) is 73.6 Å². The Balaban J connectivity index is 2.13. The van der Waals surface area contributed by atoms with Gasteiger partial charge in [0.05, 0.1) is 25.1 Å². The summed E-state index contributed by atoms with van der Waals surface area (Å²) in [5.74, 6) is 0.924. The van der Waals surface area contributed by atoms with Crippen molar-refractivity contribution in [1.29, 1.82) is 0 Å². The van der Waals surface area contributed by atoms with E-state index in [1.54, 1.807) is 37.4 Å². The molecule has 0 radical (unpaired) electrons. The Morgan fingerprint density at radius 2 is 1.96 bits per heavy atom. The van der Waals surface area contributed by atoms with Crippen LogP contribution in [0.3, 0.4) is 0 Å². The lowest BCUT2D eigenvalue weighted by atomic mass is 10.1. The zero-order valence-corrected chi connectivity index (χ0v) is 13.5. The fourth-order valence-electron chi connectivity index (χ4n) is 2.06. The third-order valence-corrected chi connectivity index (χ3v) is 3.39. The molecule has 122 valence electrons. The Hall–Kier alpha value is -2.69. The molecule has 0 saturated carbocycles. The predicted molar refractivity (Wildman–Crippen MR) is 92.2 cm³/mol. The van der Waals surface area contributed by atoms with Crippen molar-refractivity contribution in [3.05, 3.63) is 48.0 Å². The number of nitrogen functional groups attached to an aromatic ring is 1. The lowest BCUT2D eigenvalue weighted by molar-refractivity contribution is 0.102. The minimum absolute atomic E-state index is 0.249. The Morgan fingerprint density at radius 1 is 1.17 bits per heavy atom. The minimum atomic E-state index is -0.249. The highest BCUT2D eigenvalue weighted by Gasteiger charge is 2.12. The highest BCUT2D eigenvalue weighted by atomic mass is 16.5. The van der Waals surface area contributed by atoms with Gasteiger partial charge in [0.1, 0.15) is 0 Å². The zero-order valence-electron chi connectivity index (χ0n) is 13.5. The van der Waals surface area contributed by atoms with Crippen molar-refractivity contribution in [2.45, 2.75) is 19.8 Å². The molecule has 5 heteroatoms. The predicted octanol–water partition coefficient (Wildman–Crippen LogP) is 3.71. The van der Waals surface area contributed by atoms with Crippen molar-refractivity contribution in [3.8, 4) is 11.5 Å². The molecule has 0 aliphatic rings. The number of methoxy groups -OCH3 is 1. The van der Waals surface area contributed by atoms with Gasteiger partial charge in [0, 0.05) is 5.56 Å². The molecule has 0 aliphatic heterocycles. The third-order valence-electron chi connectivity index (χ3n) is 3.39. The monoisotopic (exact) mass is 314 g/mol. The van der Waals surface area contributed by atoms with E-state index in [9.17, 15) is 4.79 Å². The van der Waals surface area contributed by atoms with Crippen LogP contribution in [0.15, 0.2) is 42.5 Å². The average Bonchev–Trinajstić information content (AvgIpc) is 2.57. The van der Waals surface area contributed by atoms with Crippen molar-refractivity contribution in [1.82, 2.24) is 0 Å². The van der Waals surface area contributed by atoms with Crippen LogP contribution in [-0.2, 0) is 0 Å². The zero-order chi connectivity index (χ0) is 16.7. The molecule has 2 aromatic rings. The summed E-state index contributed by atoms with van der Waals surface area (Å²) in [7, 11) is 1.55. The van der Waals surface area contributed by atoms with Gasteiger partial charge in [-0.25, -0.2) is 0 Å². The molecule has 0 fully saturated rings. The van der Waals surface area contributed by atoms with Crippen molar-refractivity contribution in [3.63, 3.8) is 0 Å². The fraction of sp³-hybridized carbons (Fsp3) is 0.278. The van der Waals surface area contributed by atoms with E-state index in [1.807, 2.05) is 12.1 Å². The summed E-state index contributed by atoms with van der Waals surface area (Å²) >= 11 is 0. The molecule has 2 aromatic carbocycles. The maximum absolute atomic E-state index is 12.3. The Labute approximate surface area is 136 Å². The number of rotatable bonds is 7. The maximum atomic E-state index is 12.3. The second-order valence-corrected chi connectivity index (χ2v) is 5.11. The summed E-state index contributed by atoms with van der Waals surface area (Å²) in [5.41, 5.74) is 7.42. The number of hydrogen-bond donors (Lipinski definition) is 2. The van der Waals surface area contributed by atoms with Crippen molar-refractivity contribution < 1.29 is 14.3 Å². The van der Waals surface area contributed by atoms with E-state index >= 15 is 0 Å². The maximum Gasteiger partial charge on any atom is 0.255 e. The lowest BCUT2D eigenvalue weighted by Gasteiger charge is -2.12. The summed E-state index contributed by atoms with van der Waals surface area (Å²) in [6, 6.07) is 12.2. The van der Waals surface area contributed by atoms with Crippen molar-refractivity contribution in [2.24, 2.45) is 0 Å². The van der Waals surface area contributed by atoms with Crippen LogP contribution in [0, 0.1) is 0 Å². The molecular weight excluding hydrogens is 292 g/mol. The van der Waals surface area contributed by atoms with Gasteiger partial charge in [-0.2, -0.15) is 0 Å². The largest absolute Gasteiger partial charge is 0.493 e. The van der Waals surface area contributed by atoms with Crippen LogP contribution in [0.5, 0.6) is 11.5 Å². The molecule has 0 atom stereocenters. The molecule has 0 spiro atoms. The number of unbranched alkanes of at least 4 members (excludes halogenated alkanes) is 1. The molecule has 0 saturated heterocycles. The standard InChI is InChI=1S/C18H22N2O3/c1-3-4-11-23-16-10-9-13(12-17(16)22-2)18(21)20-15-8-6-5-7-14(15)19/h5-10,12H,3-4,11,19H2,1-2H3,(H,20,21). The summed E-state index contributed by atoms with van der Waals surface area (Å²) < 4.78 is 11.0. The van der Waals surface area contributed by atoms with Gasteiger partial charge in [0.15, 0.2) is 11.5 Å². The molecule has 3 N–H and O–H groups in total. The van der Waals surface area contributed by atoms with Gasteiger partial charge >= 0.3 is 0 Å². The van der Waals surface area contributed by atoms with Crippen LogP contribution in [0.4, 0.5) is 11.4 Å². The van der Waals surface area contributed by atoms with Gasteiger partial charge in [-0.3, -0.25) is 4.79 Å². The van der Waals surface area contributed by atoms with E-state index in [0.29, 0.717) is 35.0 Å². The van der Waals surface area contributed by atoms with Crippen molar-refractivity contribution >= 4 is 17.3 Å². The highest BCUT2D eigenvalue weighted by molar-refractivity contribution is 6.06. The number of carbonyl (C=O) groups excluding carboxylic acids is 1. The van der Waals surface area contributed by atoms with Crippen molar-refractivity contribution in [2.75, 3.05) is 24.8 Å². The molecule has 5 nitrogen and oxygen atoms in total. The van der Waals surface area contributed by atoms with E-state index in [0.717, 1.165) is 12.8 Å². The summed E-state index contributed by atoms with van der Waals surface area (Å²) in [6.07, 6.45) is 2.03. The van der Waals surface area contributed by atoms with Crippen LogP contribution in [0.1, 0.15) is 30.1 Å². The first-order valence-electron chi connectivity index (χ1n) is 7.62. The number of benzene rings is 2. The smallest absolute Gasteiger partial charge is 0.255 e. The molecule has 0 heterocycles. The molecule has 0 aliphatic carbocycles. The molecule has 2 rings (SSSR count). The van der Waals surface area contributed by atoms with Crippen LogP contribution < -0.4 is 20.5 Å². The number of anilines is 2. The first-order valence-corrected chi connectivity index (χ1v) is 7.62. The number of nitrogens with one attached hydrogen (secondary N) is 1. The summed E-state index contributed by atoms with van der Waals surface area (Å²) in [6.45, 7) is 2.72. The number of para-hydroxylation sites is 2. The minimum Gasteiger partial charge on any atom is -0.493 e. The second kappa shape index (κ2) is 8.08. The van der Waals surface area contributed by atoms with Gasteiger partial charge in [-0.15, -0.1) is 0 Å². The molecular formula is C18H22N2O3.